The number of hydrogen-bond donors (Lipinski definition) is 2. The van der Waals surface area contributed by atoms with Gasteiger partial charge in [0.05, 0.1) is 30.0 Å². The average Bonchev–Trinajstić information content (AvgIpc) is 3.39. The van der Waals surface area contributed by atoms with E-state index in [1.54, 1.807) is 36.4 Å². The van der Waals surface area contributed by atoms with Gasteiger partial charge in [-0.05, 0) is 43.4 Å². The van der Waals surface area contributed by atoms with Crippen LogP contribution in [0.4, 0.5) is 20.7 Å². The van der Waals surface area contributed by atoms with Crippen LogP contribution in [-0.2, 0) is 20.5 Å². The molecule has 42 heavy (non-hydrogen) atoms. The third-order valence-electron chi connectivity index (χ3n) is 7.49. The van der Waals surface area contributed by atoms with Crippen LogP contribution in [0.1, 0.15) is 43.5 Å². The molecule has 4 aromatic rings. The summed E-state index contributed by atoms with van der Waals surface area (Å²) in [7, 11) is -3.48. The molecule has 0 bridgehead atoms. The van der Waals surface area contributed by atoms with Crippen molar-refractivity contribution < 1.29 is 21.9 Å². The van der Waals surface area contributed by atoms with E-state index in [9.17, 15) is 17.2 Å². The quantitative estimate of drug-likeness (QED) is 0.296. The second-order valence-electron chi connectivity index (χ2n) is 10.5. The topological polar surface area (TPSA) is 127 Å². The second kappa shape index (κ2) is 12.2. The molecule has 2 N–H and O–H groups in total. The molecule has 2 fully saturated rings. The Hall–Kier alpha value is -3.75. The Morgan fingerprint density at radius 1 is 0.857 bits per heavy atom. The van der Waals surface area contributed by atoms with Crippen molar-refractivity contribution in [1.29, 1.82) is 0 Å². The molecule has 2 aliphatic rings. The van der Waals surface area contributed by atoms with Crippen LogP contribution in [0.2, 0.25) is 0 Å². The van der Waals surface area contributed by atoms with E-state index >= 15 is 0 Å². The number of aromatic nitrogens is 5. The lowest BCUT2D eigenvalue weighted by atomic mass is 9.92. The summed E-state index contributed by atoms with van der Waals surface area (Å²) >= 11 is 0. The van der Waals surface area contributed by atoms with Crippen molar-refractivity contribution in [3.05, 3.63) is 66.0 Å². The smallest absolute Gasteiger partial charge is 0.296 e. The molecule has 0 atom stereocenters. The van der Waals surface area contributed by atoms with Crippen LogP contribution in [0.3, 0.4) is 0 Å². The maximum Gasteiger partial charge on any atom is 0.296 e. The number of sulfonamides is 1. The number of nitrogens with zero attached hydrogens (tertiary/aromatic N) is 6. The van der Waals surface area contributed by atoms with Gasteiger partial charge in [-0.25, -0.2) is 26.9 Å². The van der Waals surface area contributed by atoms with Crippen LogP contribution in [0.15, 0.2) is 54.6 Å². The summed E-state index contributed by atoms with van der Waals surface area (Å²) in [6.45, 7) is 2.13. The molecule has 14 heteroatoms. The molecule has 0 unspecified atom stereocenters. The maximum atomic E-state index is 14.1. The van der Waals surface area contributed by atoms with Crippen LogP contribution < -0.4 is 14.9 Å². The number of rotatable bonds is 9. The number of halogens is 2. The minimum atomic E-state index is -3.48. The number of imidazole rings is 1. The minimum absolute atomic E-state index is 0.0261. The van der Waals surface area contributed by atoms with E-state index in [1.165, 1.54) is 4.57 Å². The monoisotopic (exact) mass is 598 g/mol. The zero-order valence-electron chi connectivity index (χ0n) is 22.9. The lowest BCUT2D eigenvalue weighted by Crippen LogP contribution is -2.41. The number of morpholine rings is 1. The Labute approximate surface area is 242 Å². The Bertz CT molecular complexity index is 1620. The summed E-state index contributed by atoms with van der Waals surface area (Å²) in [5.74, 6) is 0.191. The lowest BCUT2D eigenvalue weighted by Gasteiger charge is -2.30. The van der Waals surface area contributed by atoms with Crippen LogP contribution in [0.5, 0.6) is 0 Å². The van der Waals surface area contributed by atoms with Crippen molar-refractivity contribution in [2.75, 3.05) is 36.5 Å². The molecule has 1 saturated carbocycles. The van der Waals surface area contributed by atoms with Gasteiger partial charge in [0.1, 0.15) is 0 Å². The third kappa shape index (κ3) is 6.50. The molecule has 6 rings (SSSR count). The highest BCUT2D eigenvalue weighted by atomic mass is 32.2. The highest BCUT2D eigenvalue weighted by Crippen LogP contribution is 2.29. The first-order valence-corrected chi connectivity index (χ1v) is 15.6. The second-order valence-corrected chi connectivity index (χ2v) is 12.3. The van der Waals surface area contributed by atoms with E-state index in [1.807, 2.05) is 23.1 Å². The fraction of sp³-hybridized carbons (Fsp3) is 0.429. The summed E-state index contributed by atoms with van der Waals surface area (Å²) in [4.78, 5) is 19.9. The van der Waals surface area contributed by atoms with E-state index in [4.69, 9.17) is 4.74 Å². The molecule has 222 valence electrons. The molecule has 2 aromatic carbocycles. The van der Waals surface area contributed by atoms with Crippen molar-refractivity contribution in [3.63, 3.8) is 0 Å². The molecule has 0 spiro atoms. The van der Waals surface area contributed by atoms with Crippen molar-refractivity contribution in [2.45, 2.75) is 49.9 Å². The van der Waals surface area contributed by atoms with Crippen molar-refractivity contribution in [2.24, 2.45) is 0 Å². The van der Waals surface area contributed by atoms with Gasteiger partial charge >= 0.3 is 0 Å². The molecule has 11 nitrogen and oxygen atoms in total. The Balaban J connectivity index is 1.21. The Kier molecular flexibility index (Phi) is 8.27. The van der Waals surface area contributed by atoms with Crippen LogP contribution in [-0.4, -0.2) is 71.3 Å². The number of fused-ring (bicyclic) bond motifs is 1. The summed E-state index contributed by atoms with van der Waals surface area (Å²) in [6.07, 6.45) is -0.187. The zero-order valence-corrected chi connectivity index (χ0v) is 23.7. The standard InChI is InChI=1S/C28H32F2N8O3S/c29-24(30)25-32-22-8-4-5-9-23(22)38(25)28-34-26(33-27(35-28)37-14-16-41-17-15-37)31-20-10-12-21(13-11-20)36-42(39,40)18-19-6-2-1-3-7-19/h1-9,20-21,24,36H,10-18H2,(H,31,33,34,35). The van der Waals surface area contributed by atoms with Crippen LogP contribution in [0.25, 0.3) is 17.0 Å². The van der Waals surface area contributed by atoms with E-state index in [-0.39, 0.29) is 29.7 Å². The first-order chi connectivity index (χ1) is 20.3. The third-order valence-corrected chi connectivity index (χ3v) is 8.90. The lowest BCUT2D eigenvalue weighted by molar-refractivity contribution is 0.122. The molecule has 1 aliphatic heterocycles. The van der Waals surface area contributed by atoms with E-state index < -0.39 is 22.3 Å². The van der Waals surface area contributed by atoms with E-state index in [0.29, 0.717) is 69.0 Å². The predicted molar refractivity (Wildman–Crippen MR) is 154 cm³/mol. The molecule has 2 aromatic heterocycles. The predicted octanol–water partition coefficient (Wildman–Crippen LogP) is 3.83. The van der Waals surface area contributed by atoms with E-state index in [0.717, 1.165) is 5.56 Å². The Morgan fingerprint density at radius 2 is 1.52 bits per heavy atom. The number of alkyl halides is 2. The van der Waals surface area contributed by atoms with Gasteiger partial charge in [-0.2, -0.15) is 15.0 Å². The average molecular weight is 599 g/mol. The number of nitrogens with one attached hydrogen (secondary N) is 2. The van der Waals surface area contributed by atoms with Gasteiger partial charge in [-0.1, -0.05) is 42.5 Å². The number of benzene rings is 2. The van der Waals surface area contributed by atoms with Crippen molar-refractivity contribution in [1.82, 2.24) is 29.2 Å². The van der Waals surface area contributed by atoms with Crippen molar-refractivity contribution >= 4 is 33.0 Å². The highest BCUT2D eigenvalue weighted by Gasteiger charge is 2.28. The first kappa shape index (κ1) is 28.4. The van der Waals surface area contributed by atoms with Gasteiger partial charge in [-0.3, -0.25) is 4.57 Å². The fourth-order valence-corrected chi connectivity index (χ4v) is 6.91. The molecular weight excluding hydrogens is 566 g/mol. The number of anilines is 2. The summed E-state index contributed by atoms with van der Waals surface area (Å²) in [5, 5.41) is 3.36. The molecule has 0 amide bonds. The molecule has 0 radical (unpaired) electrons. The highest BCUT2D eigenvalue weighted by molar-refractivity contribution is 7.88. The normalized spacial score (nSPS) is 19.8. The zero-order chi connectivity index (χ0) is 29.1. The first-order valence-electron chi connectivity index (χ1n) is 14.0. The van der Waals surface area contributed by atoms with Crippen LogP contribution >= 0.6 is 0 Å². The molecule has 1 aliphatic carbocycles. The summed E-state index contributed by atoms with van der Waals surface area (Å²) in [6, 6.07) is 15.8. The SMILES string of the molecule is O=S(=O)(Cc1ccccc1)NC1CCC(Nc2nc(N3CCOCC3)nc(-n3c(C(F)F)nc4ccccc43)n2)CC1. The van der Waals surface area contributed by atoms with Gasteiger partial charge in [0.2, 0.25) is 27.9 Å². The van der Waals surface area contributed by atoms with Gasteiger partial charge < -0.3 is 15.0 Å². The van der Waals surface area contributed by atoms with Crippen LogP contribution in [0, 0.1) is 0 Å². The number of hydrogen-bond acceptors (Lipinski definition) is 9. The van der Waals surface area contributed by atoms with Gasteiger partial charge in [0.25, 0.3) is 6.43 Å². The molecular formula is C28H32F2N8O3S. The van der Waals surface area contributed by atoms with Gasteiger partial charge in [0, 0.05) is 25.2 Å². The molecule has 1 saturated heterocycles. The summed E-state index contributed by atoms with van der Waals surface area (Å²) < 4.78 is 63.3. The largest absolute Gasteiger partial charge is 0.378 e. The molecule has 3 heterocycles. The van der Waals surface area contributed by atoms with Gasteiger partial charge in [0.15, 0.2) is 5.82 Å². The minimum Gasteiger partial charge on any atom is -0.378 e. The number of ether oxygens (including phenoxy) is 1. The van der Waals surface area contributed by atoms with E-state index in [2.05, 4.69) is 30.0 Å². The fourth-order valence-electron chi connectivity index (χ4n) is 5.45. The van der Waals surface area contributed by atoms with Gasteiger partial charge in [-0.15, -0.1) is 0 Å². The Morgan fingerprint density at radius 3 is 2.26 bits per heavy atom. The maximum absolute atomic E-state index is 14.1. The number of para-hydroxylation sites is 2. The summed E-state index contributed by atoms with van der Waals surface area (Å²) in [5.41, 5.74) is 1.63. The van der Waals surface area contributed by atoms with Crippen molar-refractivity contribution in [3.8, 4) is 5.95 Å².